The largest absolute Gasteiger partial charge is 0.569 e. The minimum Gasteiger partial charge on any atom is -0.535 e. The van der Waals surface area contributed by atoms with Crippen molar-refractivity contribution in [2.24, 2.45) is 0 Å². The van der Waals surface area contributed by atoms with Gasteiger partial charge in [0.1, 0.15) is 5.75 Å². The van der Waals surface area contributed by atoms with Crippen LogP contribution in [0.2, 0.25) is 0 Å². The van der Waals surface area contributed by atoms with Crippen LogP contribution in [0.25, 0.3) is 0 Å². The molecule has 0 aliphatic heterocycles. The fourth-order valence-electron chi connectivity index (χ4n) is 1.96. The monoisotopic (exact) mass is 251 g/mol. The number of benzene rings is 1. The summed E-state index contributed by atoms with van der Waals surface area (Å²) in [5.41, 5.74) is 0.980. The van der Waals surface area contributed by atoms with Crippen molar-refractivity contribution >= 4 is 7.69 Å². The average molecular weight is 251 g/mol. The van der Waals surface area contributed by atoms with Gasteiger partial charge in [0.2, 0.25) is 0 Å². The van der Waals surface area contributed by atoms with Crippen molar-refractivity contribution < 1.29 is 14.1 Å². The zero-order valence-electron chi connectivity index (χ0n) is 11.0. The average Bonchev–Trinajstić information content (AvgIpc) is 2.37. The molecular formula is C14H21BFO2. The summed E-state index contributed by atoms with van der Waals surface area (Å²) < 4.78 is 18.1. The van der Waals surface area contributed by atoms with Crippen molar-refractivity contribution in [3.63, 3.8) is 0 Å². The summed E-state index contributed by atoms with van der Waals surface area (Å²) in [7, 11) is 0.492. The SMILES string of the molecule is CCCCCCCCc1ccc(O[B]O)c(F)c1. The number of hydrogen-bond acceptors (Lipinski definition) is 2. The highest BCUT2D eigenvalue weighted by molar-refractivity contribution is 6.17. The van der Waals surface area contributed by atoms with Crippen LogP contribution < -0.4 is 4.65 Å². The first-order chi connectivity index (χ1) is 8.77. The number of unbranched alkanes of at least 4 members (excludes halogenated alkanes) is 5. The highest BCUT2D eigenvalue weighted by atomic mass is 19.1. The zero-order valence-corrected chi connectivity index (χ0v) is 11.0. The molecule has 0 unspecified atom stereocenters. The molecule has 0 amide bonds. The lowest BCUT2D eigenvalue weighted by Crippen LogP contribution is -2.02. The molecule has 1 N–H and O–H groups in total. The number of aryl methyl sites for hydroxylation is 1. The van der Waals surface area contributed by atoms with E-state index in [0.29, 0.717) is 7.69 Å². The second-order valence-electron chi connectivity index (χ2n) is 4.51. The summed E-state index contributed by atoms with van der Waals surface area (Å²) in [6.45, 7) is 2.20. The van der Waals surface area contributed by atoms with Gasteiger partial charge in [-0.25, -0.2) is 4.39 Å². The highest BCUT2D eigenvalue weighted by Crippen LogP contribution is 2.19. The maximum Gasteiger partial charge on any atom is 0.569 e. The van der Waals surface area contributed by atoms with Gasteiger partial charge >= 0.3 is 7.69 Å². The standard InChI is InChI=1S/C14H21BFO2/c1-2-3-4-5-6-7-8-12-9-10-14(18-15-17)13(16)11-12/h9-11,17H,2-8H2,1H3. The van der Waals surface area contributed by atoms with Crippen LogP contribution in [0, 0.1) is 5.82 Å². The Balaban J connectivity index is 2.28. The molecule has 0 bridgehead atoms. The Labute approximate surface area is 109 Å². The van der Waals surface area contributed by atoms with Gasteiger partial charge in [-0.2, -0.15) is 0 Å². The van der Waals surface area contributed by atoms with Crippen molar-refractivity contribution in [2.45, 2.75) is 51.9 Å². The smallest absolute Gasteiger partial charge is 0.535 e. The molecule has 1 aromatic rings. The van der Waals surface area contributed by atoms with E-state index in [0.717, 1.165) is 18.4 Å². The van der Waals surface area contributed by atoms with E-state index in [1.165, 1.54) is 38.2 Å². The quantitative estimate of drug-likeness (QED) is 0.536. The summed E-state index contributed by atoms with van der Waals surface area (Å²) in [6.07, 6.45) is 8.31. The van der Waals surface area contributed by atoms with Gasteiger partial charge in [0, 0.05) is 0 Å². The summed E-state index contributed by atoms with van der Waals surface area (Å²) in [5, 5.41) is 8.44. The third kappa shape index (κ3) is 5.54. The molecule has 1 aromatic carbocycles. The van der Waals surface area contributed by atoms with Gasteiger partial charge in [0.05, 0.1) is 0 Å². The first kappa shape index (κ1) is 15.0. The van der Waals surface area contributed by atoms with Crippen molar-refractivity contribution in [3.8, 4) is 5.75 Å². The van der Waals surface area contributed by atoms with E-state index in [-0.39, 0.29) is 5.75 Å². The topological polar surface area (TPSA) is 29.5 Å². The van der Waals surface area contributed by atoms with E-state index in [9.17, 15) is 4.39 Å². The van der Waals surface area contributed by atoms with Crippen LogP contribution in [0.1, 0.15) is 51.0 Å². The number of halogens is 1. The number of hydrogen-bond donors (Lipinski definition) is 1. The molecule has 2 nitrogen and oxygen atoms in total. The predicted octanol–water partition coefficient (Wildman–Crippen LogP) is 3.63. The van der Waals surface area contributed by atoms with Gasteiger partial charge < -0.3 is 9.68 Å². The normalized spacial score (nSPS) is 10.4. The van der Waals surface area contributed by atoms with Gasteiger partial charge in [-0.05, 0) is 30.5 Å². The molecule has 0 atom stereocenters. The predicted molar refractivity (Wildman–Crippen MR) is 72.1 cm³/mol. The van der Waals surface area contributed by atoms with Gasteiger partial charge in [-0.1, -0.05) is 45.1 Å². The summed E-state index contributed by atoms with van der Waals surface area (Å²) in [4.78, 5) is 0. The minimum atomic E-state index is -0.427. The fraction of sp³-hybridized carbons (Fsp3) is 0.571. The minimum absolute atomic E-state index is 0.0594. The van der Waals surface area contributed by atoms with Crippen molar-refractivity contribution in [3.05, 3.63) is 29.6 Å². The molecule has 0 heterocycles. The van der Waals surface area contributed by atoms with Crippen molar-refractivity contribution in [2.75, 3.05) is 0 Å². The van der Waals surface area contributed by atoms with E-state index in [2.05, 4.69) is 11.6 Å². The van der Waals surface area contributed by atoms with Crippen LogP contribution >= 0.6 is 0 Å². The van der Waals surface area contributed by atoms with E-state index >= 15 is 0 Å². The van der Waals surface area contributed by atoms with Crippen LogP contribution in [0.15, 0.2) is 18.2 Å². The van der Waals surface area contributed by atoms with Crippen LogP contribution in [0.5, 0.6) is 5.75 Å². The van der Waals surface area contributed by atoms with Crippen LogP contribution in [0.4, 0.5) is 4.39 Å². The summed E-state index contributed by atoms with van der Waals surface area (Å²) in [5.74, 6) is -0.368. The first-order valence-electron chi connectivity index (χ1n) is 6.69. The van der Waals surface area contributed by atoms with Crippen LogP contribution in [-0.2, 0) is 6.42 Å². The van der Waals surface area contributed by atoms with E-state index in [4.69, 9.17) is 5.02 Å². The molecule has 1 rings (SSSR count). The van der Waals surface area contributed by atoms with E-state index in [1.807, 2.05) is 6.07 Å². The molecule has 18 heavy (non-hydrogen) atoms. The second kappa shape index (κ2) is 8.98. The van der Waals surface area contributed by atoms with Gasteiger partial charge in [0.25, 0.3) is 0 Å². The molecular weight excluding hydrogens is 230 g/mol. The van der Waals surface area contributed by atoms with Gasteiger partial charge in [-0.3, -0.25) is 0 Å². The molecule has 0 saturated carbocycles. The molecule has 0 aromatic heterocycles. The van der Waals surface area contributed by atoms with Crippen molar-refractivity contribution in [1.82, 2.24) is 0 Å². The van der Waals surface area contributed by atoms with E-state index < -0.39 is 5.82 Å². The molecule has 4 heteroatoms. The Bertz CT molecular complexity index is 345. The van der Waals surface area contributed by atoms with Gasteiger partial charge in [-0.15, -0.1) is 0 Å². The zero-order chi connectivity index (χ0) is 13.2. The van der Waals surface area contributed by atoms with E-state index in [1.54, 1.807) is 6.07 Å². The Morgan fingerprint density at radius 2 is 1.89 bits per heavy atom. The fourth-order valence-corrected chi connectivity index (χ4v) is 1.96. The molecule has 99 valence electrons. The molecule has 0 spiro atoms. The lowest BCUT2D eigenvalue weighted by molar-refractivity contribution is 0.431. The second-order valence-corrected chi connectivity index (χ2v) is 4.51. The molecule has 1 radical (unpaired) electrons. The summed E-state index contributed by atoms with van der Waals surface area (Å²) in [6, 6.07) is 4.87. The first-order valence-corrected chi connectivity index (χ1v) is 6.69. The maximum absolute atomic E-state index is 13.5. The summed E-state index contributed by atoms with van der Waals surface area (Å²) >= 11 is 0. The number of rotatable bonds is 9. The lowest BCUT2D eigenvalue weighted by Gasteiger charge is -2.06. The molecule has 0 aliphatic carbocycles. The van der Waals surface area contributed by atoms with Crippen LogP contribution in [0.3, 0.4) is 0 Å². The Morgan fingerprint density at radius 1 is 1.17 bits per heavy atom. The van der Waals surface area contributed by atoms with Crippen molar-refractivity contribution in [1.29, 1.82) is 0 Å². The molecule has 0 aliphatic rings. The molecule has 0 saturated heterocycles. The third-order valence-corrected chi connectivity index (χ3v) is 2.99. The molecule has 0 fully saturated rings. The Morgan fingerprint density at radius 3 is 2.56 bits per heavy atom. The third-order valence-electron chi connectivity index (χ3n) is 2.99. The highest BCUT2D eigenvalue weighted by Gasteiger charge is 2.04. The lowest BCUT2D eigenvalue weighted by atomic mass is 10.0. The maximum atomic E-state index is 13.5. The van der Waals surface area contributed by atoms with Gasteiger partial charge in [0.15, 0.2) is 5.82 Å². The van der Waals surface area contributed by atoms with Crippen LogP contribution in [-0.4, -0.2) is 12.7 Å². The Hall–Kier alpha value is -1.03. The Kier molecular flexibility index (Phi) is 7.50.